The Bertz CT molecular complexity index is 678. The number of aliphatic hydroxyl groups is 1. The molecular weight excluding hydrogens is 330 g/mol. The van der Waals surface area contributed by atoms with E-state index in [-0.39, 0.29) is 22.9 Å². The van der Waals surface area contributed by atoms with Crippen molar-refractivity contribution in [1.29, 1.82) is 0 Å². The number of aliphatic hydroxyl groups excluding tert-OH is 1. The highest BCUT2D eigenvalue weighted by Crippen LogP contribution is 2.27. The normalized spacial score (nSPS) is 11.7. The number of carbonyl (C=O) groups is 1. The van der Waals surface area contributed by atoms with Crippen molar-refractivity contribution in [3.8, 4) is 0 Å². The van der Waals surface area contributed by atoms with Gasteiger partial charge >= 0.3 is 6.03 Å². The summed E-state index contributed by atoms with van der Waals surface area (Å²) in [5, 5.41) is 29.1. The van der Waals surface area contributed by atoms with Crippen LogP contribution in [0, 0.1) is 10.1 Å². The van der Waals surface area contributed by atoms with E-state index < -0.39 is 17.1 Å². The van der Waals surface area contributed by atoms with Crippen LogP contribution in [-0.4, -0.2) is 22.6 Å². The van der Waals surface area contributed by atoms with Crippen LogP contribution in [0.5, 0.6) is 0 Å². The highest BCUT2D eigenvalue weighted by molar-refractivity contribution is 7.07. The lowest BCUT2D eigenvalue weighted by Gasteiger charge is -2.11. The van der Waals surface area contributed by atoms with Gasteiger partial charge in [-0.2, -0.15) is 11.3 Å². The molecule has 0 fully saturated rings. The lowest BCUT2D eigenvalue weighted by Crippen LogP contribution is -2.32. The van der Waals surface area contributed by atoms with Gasteiger partial charge in [-0.3, -0.25) is 10.1 Å². The van der Waals surface area contributed by atoms with Gasteiger partial charge in [0.25, 0.3) is 5.69 Å². The lowest BCUT2D eigenvalue weighted by molar-refractivity contribution is -0.384. The molecule has 1 aromatic carbocycles. The van der Waals surface area contributed by atoms with E-state index in [0.717, 1.165) is 6.07 Å². The van der Waals surface area contributed by atoms with E-state index in [1.54, 1.807) is 11.4 Å². The Hall–Kier alpha value is -2.16. The molecule has 2 aromatic rings. The quantitative estimate of drug-likeness (QED) is 0.573. The molecule has 0 radical (unpaired) electrons. The molecule has 0 saturated carbocycles. The Morgan fingerprint density at radius 2 is 2.23 bits per heavy atom. The standard InChI is InChI=1S/C13H12ClN3O4S/c14-10-2-1-9(5-11(10)17(20)21)16-13(19)15-6-12(18)8-3-4-22-7-8/h1-5,7,12,18H,6H2,(H2,15,16,19). The summed E-state index contributed by atoms with van der Waals surface area (Å²) in [5.74, 6) is 0. The minimum Gasteiger partial charge on any atom is -0.387 e. The molecule has 3 N–H and O–H groups in total. The molecule has 0 aliphatic heterocycles. The van der Waals surface area contributed by atoms with Crippen molar-refractivity contribution in [2.45, 2.75) is 6.10 Å². The number of nitro benzene ring substituents is 1. The van der Waals surface area contributed by atoms with Crippen molar-refractivity contribution in [3.63, 3.8) is 0 Å². The number of amides is 2. The summed E-state index contributed by atoms with van der Waals surface area (Å²) < 4.78 is 0. The predicted molar refractivity (Wildman–Crippen MR) is 84.4 cm³/mol. The Morgan fingerprint density at radius 1 is 1.45 bits per heavy atom. The maximum Gasteiger partial charge on any atom is 0.319 e. The third-order valence-electron chi connectivity index (χ3n) is 2.78. The minimum absolute atomic E-state index is 0.0103. The zero-order valence-corrected chi connectivity index (χ0v) is 12.7. The van der Waals surface area contributed by atoms with Crippen molar-refractivity contribution in [1.82, 2.24) is 5.32 Å². The molecule has 1 atom stereocenters. The van der Waals surface area contributed by atoms with Crippen LogP contribution in [0.4, 0.5) is 16.2 Å². The van der Waals surface area contributed by atoms with Crippen molar-refractivity contribution < 1.29 is 14.8 Å². The third-order valence-corrected chi connectivity index (χ3v) is 3.81. The molecule has 0 saturated heterocycles. The van der Waals surface area contributed by atoms with Gasteiger partial charge in [-0.1, -0.05) is 11.6 Å². The number of hydrogen-bond donors (Lipinski definition) is 3. The van der Waals surface area contributed by atoms with Gasteiger partial charge in [0.2, 0.25) is 0 Å². The van der Waals surface area contributed by atoms with E-state index in [1.165, 1.54) is 23.5 Å². The van der Waals surface area contributed by atoms with Crippen molar-refractivity contribution >= 4 is 40.3 Å². The van der Waals surface area contributed by atoms with Crippen LogP contribution < -0.4 is 10.6 Å². The summed E-state index contributed by atoms with van der Waals surface area (Å²) in [5.41, 5.74) is 0.656. The van der Waals surface area contributed by atoms with Crippen molar-refractivity contribution in [2.75, 3.05) is 11.9 Å². The van der Waals surface area contributed by atoms with Crippen LogP contribution >= 0.6 is 22.9 Å². The van der Waals surface area contributed by atoms with Gasteiger partial charge in [-0.15, -0.1) is 0 Å². The smallest absolute Gasteiger partial charge is 0.319 e. The Balaban J connectivity index is 1.92. The number of nitro groups is 1. The molecule has 1 aromatic heterocycles. The molecule has 7 nitrogen and oxygen atoms in total. The molecule has 1 unspecified atom stereocenters. The first-order valence-corrected chi connectivity index (χ1v) is 7.48. The van der Waals surface area contributed by atoms with Gasteiger partial charge in [-0.05, 0) is 34.5 Å². The molecule has 0 aliphatic carbocycles. The predicted octanol–water partition coefficient (Wildman–Crippen LogP) is 3.16. The Labute approximate surface area is 134 Å². The van der Waals surface area contributed by atoms with E-state index in [0.29, 0.717) is 5.56 Å². The van der Waals surface area contributed by atoms with E-state index in [2.05, 4.69) is 10.6 Å². The number of carbonyl (C=O) groups excluding carboxylic acids is 1. The van der Waals surface area contributed by atoms with Crippen molar-refractivity contribution in [2.24, 2.45) is 0 Å². The second-order valence-electron chi connectivity index (χ2n) is 4.33. The van der Waals surface area contributed by atoms with Crippen LogP contribution in [0.25, 0.3) is 0 Å². The number of hydrogen-bond acceptors (Lipinski definition) is 5. The summed E-state index contributed by atoms with van der Waals surface area (Å²) in [4.78, 5) is 21.9. The van der Waals surface area contributed by atoms with Gasteiger partial charge in [0.15, 0.2) is 0 Å². The van der Waals surface area contributed by atoms with Crippen LogP contribution in [-0.2, 0) is 0 Å². The minimum atomic E-state index is -0.809. The fourth-order valence-electron chi connectivity index (χ4n) is 1.68. The molecule has 0 bridgehead atoms. The van der Waals surface area contributed by atoms with Crippen molar-refractivity contribution in [3.05, 3.63) is 55.7 Å². The molecule has 0 spiro atoms. The van der Waals surface area contributed by atoms with Gasteiger partial charge in [-0.25, -0.2) is 4.79 Å². The second-order valence-corrected chi connectivity index (χ2v) is 5.52. The number of anilines is 1. The first-order chi connectivity index (χ1) is 10.5. The molecule has 1 heterocycles. The second kappa shape index (κ2) is 7.21. The molecular formula is C13H12ClN3O4S. The molecule has 2 rings (SSSR count). The number of rotatable bonds is 5. The summed E-state index contributed by atoms with van der Waals surface area (Å²) >= 11 is 7.13. The Kier molecular flexibility index (Phi) is 5.31. The number of benzene rings is 1. The van der Waals surface area contributed by atoms with Crippen LogP contribution in [0.2, 0.25) is 5.02 Å². The van der Waals surface area contributed by atoms with Gasteiger partial charge in [0.1, 0.15) is 5.02 Å². The fraction of sp³-hybridized carbons (Fsp3) is 0.154. The van der Waals surface area contributed by atoms with Gasteiger partial charge in [0.05, 0.1) is 11.0 Å². The lowest BCUT2D eigenvalue weighted by atomic mass is 10.2. The summed E-state index contributed by atoms with van der Waals surface area (Å²) in [6.07, 6.45) is -0.809. The van der Waals surface area contributed by atoms with Crippen LogP contribution in [0.15, 0.2) is 35.0 Å². The molecule has 116 valence electrons. The van der Waals surface area contributed by atoms with E-state index >= 15 is 0 Å². The summed E-state index contributed by atoms with van der Waals surface area (Å²) in [6, 6.07) is 5.12. The third kappa shape index (κ3) is 4.17. The monoisotopic (exact) mass is 341 g/mol. The van der Waals surface area contributed by atoms with E-state index in [1.807, 2.05) is 5.38 Å². The SMILES string of the molecule is O=C(NCC(O)c1ccsc1)Nc1ccc(Cl)c([N+](=O)[O-])c1. The number of nitrogens with zero attached hydrogens (tertiary/aromatic N) is 1. The zero-order chi connectivity index (χ0) is 16.1. The summed E-state index contributed by atoms with van der Waals surface area (Å²) in [6.45, 7) is 0.0260. The highest BCUT2D eigenvalue weighted by Gasteiger charge is 2.14. The Morgan fingerprint density at radius 3 is 2.86 bits per heavy atom. The number of halogens is 1. The average Bonchev–Trinajstić information content (AvgIpc) is 3.01. The van der Waals surface area contributed by atoms with E-state index in [9.17, 15) is 20.0 Å². The first-order valence-electron chi connectivity index (χ1n) is 6.16. The zero-order valence-electron chi connectivity index (χ0n) is 11.2. The molecule has 9 heteroatoms. The first kappa shape index (κ1) is 16.2. The maximum absolute atomic E-state index is 11.7. The number of urea groups is 1. The number of thiophene rings is 1. The van der Waals surface area contributed by atoms with Gasteiger partial charge in [0, 0.05) is 18.3 Å². The topological polar surface area (TPSA) is 104 Å². The summed E-state index contributed by atoms with van der Waals surface area (Å²) in [7, 11) is 0. The number of nitrogens with one attached hydrogen (secondary N) is 2. The average molecular weight is 342 g/mol. The maximum atomic E-state index is 11.7. The fourth-order valence-corrected chi connectivity index (χ4v) is 2.57. The van der Waals surface area contributed by atoms with Gasteiger partial charge < -0.3 is 15.7 Å². The van der Waals surface area contributed by atoms with Crippen LogP contribution in [0.1, 0.15) is 11.7 Å². The van der Waals surface area contributed by atoms with E-state index in [4.69, 9.17) is 11.6 Å². The molecule has 2 amide bonds. The molecule has 0 aliphatic rings. The largest absolute Gasteiger partial charge is 0.387 e. The molecule has 22 heavy (non-hydrogen) atoms. The highest BCUT2D eigenvalue weighted by atomic mass is 35.5. The van der Waals surface area contributed by atoms with Crippen LogP contribution in [0.3, 0.4) is 0 Å².